The zero-order valence-corrected chi connectivity index (χ0v) is 16.7. The number of sulfone groups is 1. The highest BCUT2D eigenvalue weighted by Gasteiger charge is 2.33. The van der Waals surface area contributed by atoms with E-state index in [0.717, 1.165) is 24.4 Å². The maximum atomic E-state index is 12.5. The third kappa shape index (κ3) is 4.19. The van der Waals surface area contributed by atoms with E-state index in [0.29, 0.717) is 17.5 Å². The second-order valence-corrected chi connectivity index (χ2v) is 10.7. The number of thioether (sulfide) groups is 1. The maximum absolute atomic E-state index is 12.5. The van der Waals surface area contributed by atoms with Crippen LogP contribution in [0.15, 0.2) is 35.5 Å². The van der Waals surface area contributed by atoms with Crippen LogP contribution < -0.4 is 5.32 Å². The first-order chi connectivity index (χ1) is 12.9. The van der Waals surface area contributed by atoms with E-state index in [-0.39, 0.29) is 23.5 Å². The van der Waals surface area contributed by atoms with Crippen LogP contribution in [0.25, 0.3) is 5.69 Å². The molecule has 2 heterocycles. The molecule has 2 aromatic rings. The van der Waals surface area contributed by atoms with E-state index in [2.05, 4.69) is 15.5 Å². The van der Waals surface area contributed by atoms with Gasteiger partial charge in [0.15, 0.2) is 15.0 Å². The molecule has 2 aliphatic rings. The van der Waals surface area contributed by atoms with Gasteiger partial charge in [-0.2, -0.15) is 0 Å². The Kier molecular flexibility index (Phi) is 4.98. The van der Waals surface area contributed by atoms with Crippen LogP contribution >= 0.6 is 11.8 Å². The fourth-order valence-electron chi connectivity index (χ4n) is 3.22. The molecule has 27 heavy (non-hydrogen) atoms. The van der Waals surface area contributed by atoms with Gasteiger partial charge in [-0.25, -0.2) is 8.42 Å². The number of nitrogens with zero attached hydrogens (tertiary/aromatic N) is 3. The summed E-state index contributed by atoms with van der Waals surface area (Å²) in [6, 6.07) is 9.62. The van der Waals surface area contributed by atoms with Crippen molar-refractivity contribution in [3.05, 3.63) is 36.2 Å². The van der Waals surface area contributed by atoms with Crippen molar-refractivity contribution in [2.24, 2.45) is 0 Å². The fraction of sp³-hybridized carbons (Fsp3) is 0.500. The summed E-state index contributed by atoms with van der Waals surface area (Å²) in [6.07, 6.45) is 2.71. The number of carbonyl (C=O) groups is 1. The number of benzene rings is 1. The number of hydrogen-bond acceptors (Lipinski definition) is 6. The van der Waals surface area contributed by atoms with Gasteiger partial charge < -0.3 is 5.32 Å². The smallest absolute Gasteiger partial charge is 0.233 e. The highest BCUT2D eigenvalue weighted by molar-refractivity contribution is 8.00. The van der Waals surface area contributed by atoms with Crippen molar-refractivity contribution in [1.82, 2.24) is 20.1 Å². The Morgan fingerprint density at radius 1 is 1.22 bits per heavy atom. The van der Waals surface area contributed by atoms with Gasteiger partial charge in [-0.1, -0.05) is 30.0 Å². The molecule has 1 saturated carbocycles. The minimum atomic E-state index is -3.02. The molecule has 0 bridgehead atoms. The molecule has 1 aliphatic carbocycles. The van der Waals surface area contributed by atoms with Crippen LogP contribution in [-0.4, -0.2) is 51.9 Å². The van der Waals surface area contributed by atoms with Crippen LogP contribution in [0.2, 0.25) is 0 Å². The summed E-state index contributed by atoms with van der Waals surface area (Å²) >= 11 is 1.35. The van der Waals surface area contributed by atoms with Gasteiger partial charge in [-0.15, -0.1) is 10.2 Å². The molecule has 144 valence electrons. The van der Waals surface area contributed by atoms with Crippen LogP contribution in [0.5, 0.6) is 0 Å². The highest BCUT2D eigenvalue weighted by atomic mass is 32.2. The van der Waals surface area contributed by atoms with E-state index in [9.17, 15) is 13.2 Å². The predicted octanol–water partition coefficient (Wildman–Crippen LogP) is 1.93. The minimum Gasteiger partial charge on any atom is -0.351 e. The first-order valence-electron chi connectivity index (χ1n) is 9.11. The normalized spacial score (nSPS) is 22.5. The van der Waals surface area contributed by atoms with E-state index in [4.69, 9.17) is 0 Å². The Hall–Kier alpha value is -1.87. The molecule has 7 nitrogen and oxygen atoms in total. The second kappa shape index (κ2) is 7.27. The van der Waals surface area contributed by atoms with Crippen molar-refractivity contribution in [2.45, 2.75) is 48.6 Å². The van der Waals surface area contributed by atoms with Gasteiger partial charge in [0.05, 0.1) is 16.8 Å². The van der Waals surface area contributed by atoms with Gasteiger partial charge in [-0.05, 0) is 38.3 Å². The van der Waals surface area contributed by atoms with E-state index in [1.165, 1.54) is 11.8 Å². The lowest BCUT2D eigenvalue weighted by Gasteiger charge is -2.16. The summed E-state index contributed by atoms with van der Waals surface area (Å²) < 4.78 is 25.2. The van der Waals surface area contributed by atoms with E-state index in [1.807, 2.05) is 41.8 Å². The van der Waals surface area contributed by atoms with Crippen molar-refractivity contribution in [3.8, 4) is 5.69 Å². The lowest BCUT2D eigenvalue weighted by Crippen LogP contribution is -2.40. The molecular formula is C18H22N4O3S2. The van der Waals surface area contributed by atoms with Gasteiger partial charge in [0.1, 0.15) is 5.82 Å². The van der Waals surface area contributed by atoms with Crippen molar-refractivity contribution in [1.29, 1.82) is 0 Å². The predicted molar refractivity (Wildman–Crippen MR) is 104 cm³/mol. The number of rotatable bonds is 6. The lowest BCUT2D eigenvalue weighted by atomic mass is 10.2. The van der Waals surface area contributed by atoms with Gasteiger partial charge in [0.2, 0.25) is 5.91 Å². The van der Waals surface area contributed by atoms with Crippen LogP contribution in [-0.2, 0) is 14.6 Å². The molecule has 1 aromatic heterocycles. The highest BCUT2D eigenvalue weighted by Crippen LogP contribution is 2.41. The zero-order chi connectivity index (χ0) is 19.0. The molecule has 1 aliphatic heterocycles. The summed E-state index contributed by atoms with van der Waals surface area (Å²) in [6.45, 7) is 1.81. The average Bonchev–Trinajstić information content (AvgIpc) is 3.32. The molecule has 0 unspecified atom stereocenters. The topological polar surface area (TPSA) is 93.9 Å². The average molecular weight is 407 g/mol. The molecule has 1 saturated heterocycles. The zero-order valence-electron chi connectivity index (χ0n) is 15.0. The van der Waals surface area contributed by atoms with Crippen molar-refractivity contribution in [2.75, 3.05) is 11.5 Å². The van der Waals surface area contributed by atoms with Gasteiger partial charge in [0, 0.05) is 17.6 Å². The van der Waals surface area contributed by atoms with Crippen LogP contribution in [0.3, 0.4) is 0 Å². The molecule has 4 rings (SSSR count). The summed E-state index contributed by atoms with van der Waals surface area (Å²) in [5.74, 6) is 1.38. The largest absolute Gasteiger partial charge is 0.351 e. The van der Waals surface area contributed by atoms with E-state index < -0.39 is 15.1 Å². The van der Waals surface area contributed by atoms with E-state index >= 15 is 0 Å². The number of nitrogens with one attached hydrogen (secondary N) is 1. The molecule has 2 fully saturated rings. The number of carbonyl (C=O) groups excluding carboxylic acids is 1. The Balaban J connectivity index is 1.50. The molecule has 1 N–H and O–H groups in total. The Morgan fingerprint density at radius 3 is 2.59 bits per heavy atom. The molecule has 2 atom stereocenters. The Labute approximate surface area is 162 Å². The standard InChI is InChI=1S/C18H22N4O3S2/c1-12(17(23)19-14-9-10-27(24,25)11-14)26-18-21-20-16(13-7-8-13)22(18)15-5-3-2-4-6-15/h2-6,12-14H,7-11H2,1H3,(H,19,23)/t12-,14+/m1/s1. The molecule has 1 aromatic carbocycles. The minimum absolute atomic E-state index is 0.0299. The molecule has 9 heteroatoms. The third-order valence-corrected chi connectivity index (χ3v) is 7.66. The number of hydrogen-bond donors (Lipinski definition) is 1. The summed E-state index contributed by atoms with van der Waals surface area (Å²) in [7, 11) is -3.02. The van der Waals surface area contributed by atoms with Crippen molar-refractivity contribution < 1.29 is 13.2 Å². The van der Waals surface area contributed by atoms with Gasteiger partial charge in [-0.3, -0.25) is 9.36 Å². The monoisotopic (exact) mass is 406 g/mol. The summed E-state index contributed by atoms with van der Waals surface area (Å²) in [5, 5.41) is 11.8. The number of amides is 1. The third-order valence-electron chi connectivity index (χ3n) is 4.85. The van der Waals surface area contributed by atoms with Gasteiger partial charge in [0.25, 0.3) is 0 Å². The van der Waals surface area contributed by atoms with Crippen LogP contribution in [0.1, 0.15) is 37.9 Å². The first-order valence-corrected chi connectivity index (χ1v) is 11.8. The van der Waals surface area contributed by atoms with Crippen LogP contribution in [0.4, 0.5) is 0 Å². The molecule has 1 amide bonds. The van der Waals surface area contributed by atoms with Crippen molar-refractivity contribution >= 4 is 27.5 Å². The fourth-order valence-corrected chi connectivity index (χ4v) is 5.78. The van der Waals surface area contributed by atoms with Crippen molar-refractivity contribution in [3.63, 3.8) is 0 Å². The Morgan fingerprint density at radius 2 is 1.96 bits per heavy atom. The maximum Gasteiger partial charge on any atom is 0.233 e. The van der Waals surface area contributed by atoms with Gasteiger partial charge >= 0.3 is 0 Å². The summed E-state index contributed by atoms with van der Waals surface area (Å²) in [5.41, 5.74) is 0.987. The SMILES string of the molecule is C[C@@H](Sc1nnc(C2CC2)n1-c1ccccc1)C(=O)N[C@H]1CCS(=O)(=O)C1. The lowest BCUT2D eigenvalue weighted by molar-refractivity contribution is -0.120. The molecule has 0 spiro atoms. The Bertz CT molecular complexity index is 939. The quantitative estimate of drug-likeness (QED) is 0.737. The number of aromatic nitrogens is 3. The summed E-state index contributed by atoms with van der Waals surface area (Å²) in [4.78, 5) is 12.5. The first kappa shape index (κ1) is 18.5. The molecular weight excluding hydrogens is 384 g/mol. The second-order valence-electron chi connectivity index (χ2n) is 7.15. The number of para-hydroxylation sites is 1. The van der Waals surface area contributed by atoms with Crippen LogP contribution in [0, 0.1) is 0 Å². The molecule has 0 radical (unpaired) electrons. The van der Waals surface area contributed by atoms with E-state index in [1.54, 1.807) is 0 Å².